The molecule has 37 heavy (non-hydrogen) atoms. The Bertz CT molecular complexity index is 1170. The molecule has 196 valence electrons. The average Bonchev–Trinajstić information content (AvgIpc) is 3.53. The van der Waals surface area contributed by atoms with E-state index in [1.807, 2.05) is 35.2 Å². The normalized spacial score (nSPS) is 19.7. The Morgan fingerprint density at radius 1 is 0.865 bits per heavy atom. The van der Waals surface area contributed by atoms with E-state index in [1.165, 1.54) is 17.0 Å². The van der Waals surface area contributed by atoms with Crippen LogP contribution < -0.4 is 4.90 Å². The molecule has 0 aliphatic carbocycles. The van der Waals surface area contributed by atoms with Crippen LogP contribution in [0.3, 0.4) is 0 Å². The molecule has 3 fully saturated rings. The highest BCUT2D eigenvalue weighted by Gasteiger charge is 2.54. The van der Waals surface area contributed by atoms with E-state index in [0.29, 0.717) is 25.9 Å². The van der Waals surface area contributed by atoms with Gasteiger partial charge in [0.05, 0.1) is 12.2 Å². The van der Waals surface area contributed by atoms with Gasteiger partial charge in [-0.15, -0.1) is 0 Å². The molecule has 1 spiro atoms. The second kappa shape index (κ2) is 9.72. The first-order chi connectivity index (χ1) is 17.7. The Hall–Kier alpha value is -3.56. The number of benzene rings is 2. The highest BCUT2D eigenvalue weighted by atomic mass is 19.4. The van der Waals surface area contributed by atoms with Crippen molar-refractivity contribution in [3.8, 4) is 0 Å². The van der Waals surface area contributed by atoms with Crippen LogP contribution in [-0.2, 0) is 15.8 Å². The lowest BCUT2D eigenvalue weighted by atomic mass is 9.85. The van der Waals surface area contributed by atoms with Crippen molar-refractivity contribution >= 4 is 23.4 Å². The van der Waals surface area contributed by atoms with Gasteiger partial charge < -0.3 is 19.6 Å². The topological polar surface area (TPSA) is 64.2 Å². The summed E-state index contributed by atoms with van der Waals surface area (Å²) in [6.45, 7) is 2.14. The first-order valence-electron chi connectivity index (χ1n) is 12.6. The lowest BCUT2D eigenvalue weighted by Crippen LogP contribution is -2.57. The first-order valence-corrected chi connectivity index (χ1v) is 12.6. The smallest absolute Gasteiger partial charge is 0.341 e. The Balaban J connectivity index is 1.35. The molecular weight excluding hydrogens is 485 g/mol. The number of carbonyl (C=O) groups is 3. The zero-order valence-corrected chi connectivity index (χ0v) is 20.4. The summed E-state index contributed by atoms with van der Waals surface area (Å²) in [4.78, 5) is 46.6. The summed E-state index contributed by atoms with van der Waals surface area (Å²) < 4.78 is 39.4. The molecule has 0 bridgehead atoms. The quantitative estimate of drug-likeness (QED) is 0.626. The van der Waals surface area contributed by atoms with E-state index in [0.717, 1.165) is 30.7 Å². The molecule has 3 amide bonds. The number of para-hydroxylation sites is 1. The molecule has 0 saturated carbocycles. The van der Waals surface area contributed by atoms with Gasteiger partial charge in [0.15, 0.2) is 0 Å². The number of anilines is 1. The van der Waals surface area contributed by atoms with Crippen molar-refractivity contribution in [2.75, 3.05) is 44.3 Å². The van der Waals surface area contributed by atoms with Crippen molar-refractivity contribution in [2.45, 2.75) is 37.4 Å². The van der Waals surface area contributed by atoms with E-state index < -0.39 is 23.2 Å². The molecule has 0 unspecified atom stereocenters. The predicted molar refractivity (Wildman–Crippen MR) is 131 cm³/mol. The van der Waals surface area contributed by atoms with Gasteiger partial charge in [-0.05, 0) is 56.0 Å². The molecule has 3 saturated heterocycles. The zero-order chi connectivity index (χ0) is 26.2. The van der Waals surface area contributed by atoms with Crippen LogP contribution in [0.5, 0.6) is 0 Å². The Morgan fingerprint density at radius 3 is 2.19 bits per heavy atom. The standard InChI is InChI=1S/C27H29F3N4O3/c28-27(29,30)21-8-6-7-20(17-21)24(36)32-15-11-26(12-16-32)25(37)33(18-23(35)31-13-4-5-14-31)19-34(26)22-9-2-1-3-10-22/h1-3,6-10,17H,4-5,11-16,18-19H2. The summed E-state index contributed by atoms with van der Waals surface area (Å²) in [5.41, 5.74) is -0.964. The molecule has 3 aliphatic rings. The third kappa shape index (κ3) is 4.76. The molecule has 0 aromatic heterocycles. The molecule has 7 nitrogen and oxygen atoms in total. The van der Waals surface area contributed by atoms with Crippen LogP contribution in [-0.4, -0.2) is 77.4 Å². The van der Waals surface area contributed by atoms with Gasteiger partial charge in [-0.3, -0.25) is 14.4 Å². The van der Waals surface area contributed by atoms with Crippen molar-refractivity contribution in [1.29, 1.82) is 0 Å². The fourth-order valence-electron chi connectivity index (χ4n) is 5.64. The maximum Gasteiger partial charge on any atom is 0.416 e. The van der Waals surface area contributed by atoms with Crippen molar-refractivity contribution < 1.29 is 27.6 Å². The lowest BCUT2D eigenvalue weighted by molar-refractivity contribution is -0.140. The van der Waals surface area contributed by atoms with E-state index in [2.05, 4.69) is 0 Å². The molecule has 3 heterocycles. The van der Waals surface area contributed by atoms with Gasteiger partial charge in [-0.1, -0.05) is 24.3 Å². The summed E-state index contributed by atoms with van der Waals surface area (Å²) in [5, 5.41) is 0. The van der Waals surface area contributed by atoms with E-state index in [4.69, 9.17) is 0 Å². The first kappa shape index (κ1) is 25.1. The number of rotatable bonds is 4. The second-order valence-corrected chi connectivity index (χ2v) is 9.90. The summed E-state index contributed by atoms with van der Waals surface area (Å²) in [7, 11) is 0. The minimum Gasteiger partial charge on any atom is -0.341 e. The average molecular weight is 515 g/mol. The monoisotopic (exact) mass is 514 g/mol. The van der Waals surface area contributed by atoms with Crippen LogP contribution in [0.2, 0.25) is 0 Å². The minimum absolute atomic E-state index is 0.0107. The highest BCUT2D eigenvalue weighted by Crippen LogP contribution is 2.40. The largest absolute Gasteiger partial charge is 0.416 e. The fraction of sp³-hybridized carbons (Fsp3) is 0.444. The maximum absolute atomic E-state index is 13.8. The van der Waals surface area contributed by atoms with Gasteiger partial charge in [-0.2, -0.15) is 13.2 Å². The van der Waals surface area contributed by atoms with Crippen molar-refractivity contribution in [3.63, 3.8) is 0 Å². The van der Waals surface area contributed by atoms with Crippen LogP contribution >= 0.6 is 0 Å². The molecule has 5 rings (SSSR count). The van der Waals surface area contributed by atoms with Crippen molar-refractivity contribution in [1.82, 2.24) is 14.7 Å². The summed E-state index contributed by atoms with van der Waals surface area (Å²) in [6.07, 6.45) is -1.96. The van der Waals surface area contributed by atoms with E-state index >= 15 is 0 Å². The molecular formula is C27H29F3N4O3. The highest BCUT2D eigenvalue weighted by molar-refractivity contribution is 5.97. The number of carbonyl (C=O) groups excluding carboxylic acids is 3. The number of amides is 3. The SMILES string of the molecule is O=C(CN1CN(c2ccccc2)C2(CCN(C(=O)c3cccc(C(F)(F)F)c3)CC2)C1=O)N1CCCC1. The maximum atomic E-state index is 13.8. The van der Waals surface area contributed by atoms with Crippen molar-refractivity contribution in [3.05, 3.63) is 65.7 Å². The number of halogens is 3. The van der Waals surface area contributed by atoms with Crippen LogP contribution in [0.25, 0.3) is 0 Å². The number of hydrogen-bond acceptors (Lipinski definition) is 4. The summed E-state index contributed by atoms with van der Waals surface area (Å²) in [6, 6.07) is 13.9. The number of piperidine rings is 1. The molecule has 0 N–H and O–H groups in total. The van der Waals surface area contributed by atoms with Crippen LogP contribution in [0.15, 0.2) is 54.6 Å². The summed E-state index contributed by atoms with van der Waals surface area (Å²) in [5.74, 6) is -0.693. The molecule has 0 radical (unpaired) electrons. The van der Waals surface area contributed by atoms with E-state index in [1.54, 1.807) is 9.80 Å². The van der Waals surface area contributed by atoms with E-state index in [-0.39, 0.29) is 43.7 Å². The number of hydrogen-bond donors (Lipinski definition) is 0. The molecule has 3 aliphatic heterocycles. The fourth-order valence-corrected chi connectivity index (χ4v) is 5.64. The minimum atomic E-state index is -4.54. The molecule has 0 atom stereocenters. The lowest BCUT2D eigenvalue weighted by Gasteiger charge is -2.43. The van der Waals surface area contributed by atoms with Crippen LogP contribution in [0, 0.1) is 0 Å². The van der Waals surface area contributed by atoms with Gasteiger partial charge in [0, 0.05) is 37.4 Å². The Morgan fingerprint density at radius 2 is 1.54 bits per heavy atom. The third-order valence-corrected chi connectivity index (χ3v) is 7.68. The predicted octanol–water partition coefficient (Wildman–Crippen LogP) is 3.61. The van der Waals surface area contributed by atoms with E-state index in [9.17, 15) is 27.6 Å². The molecule has 2 aromatic rings. The number of likely N-dealkylation sites (tertiary alicyclic amines) is 2. The van der Waals surface area contributed by atoms with Crippen molar-refractivity contribution in [2.24, 2.45) is 0 Å². The molecule has 10 heteroatoms. The molecule has 2 aromatic carbocycles. The Kier molecular flexibility index (Phi) is 6.59. The van der Waals surface area contributed by atoms with Gasteiger partial charge in [0.2, 0.25) is 5.91 Å². The van der Waals surface area contributed by atoms with Gasteiger partial charge >= 0.3 is 6.18 Å². The van der Waals surface area contributed by atoms with Gasteiger partial charge in [0.1, 0.15) is 12.1 Å². The zero-order valence-electron chi connectivity index (χ0n) is 20.4. The number of nitrogens with zero attached hydrogens (tertiary/aromatic N) is 4. The Labute approximate surface area is 213 Å². The third-order valence-electron chi connectivity index (χ3n) is 7.68. The van der Waals surface area contributed by atoms with Crippen LogP contribution in [0.1, 0.15) is 41.6 Å². The van der Waals surface area contributed by atoms with Crippen LogP contribution in [0.4, 0.5) is 18.9 Å². The van der Waals surface area contributed by atoms with Gasteiger partial charge in [0.25, 0.3) is 11.8 Å². The number of alkyl halides is 3. The second-order valence-electron chi connectivity index (χ2n) is 9.90. The summed E-state index contributed by atoms with van der Waals surface area (Å²) >= 11 is 0. The van der Waals surface area contributed by atoms with Gasteiger partial charge in [-0.25, -0.2) is 0 Å².